The zero-order valence-electron chi connectivity index (χ0n) is 25.7. The number of likely N-dealkylation sites (tertiary alicyclic amines) is 1. The number of aliphatic carboxylic acids is 1. The summed E-state index contributed by atoms with van der Waals surface area (Å²) in [5.41, 5.74) is 5.86. The molecule has 1 aromatic carbocycles. The smallest absolute Gasteiger partial charge is 0.475 e. The van der Waals surface area contributed by atoms with Crippen molar-refractivity contribution in [2.45, 2.75) is 25.1 Å². The minimum atomic E-state index is -5.08. The van der Waals surface area contributed by atoms with Gasteiger partial charge in [0.2, 0.25) is 5.91 Å². The lowest BCUT2D eigenvalue weighted by atomic mass is 10.0. The van der Waals surface area contributed by atoms with E-state index >= 15 is 0 Å². The number of alkyl halides is 3. The number of piperidine rings is 1. The van der Waals surface area contributed by atoms with Crippen LogP contribution in [0.4, 0.5) is 13.2 Å². The molecular formula is C29H40F3N3O12. The van der Waals surface area contributed by atoms with Crippen molar-refractivity contribution in [3.05, 3.63) is 35.4 Å². The molecule has 3 rings (SSSR count). The molecule has 0 spiro atoms. The molecule has 1 unspecified atom stereocenters. The topological polar surface area (TPSA) is 193 Å². The minimum Gasteiger partial charge on any atom is -0.475 e. The van der Waals surface area contributed by atoms with Gasteiger partial charge in [0, 0.05) is 13.0 Å². The number of carboxylic acids is 1. The minimum absolute atomic E-state index is 0.0353. The summed E-state index contributed by atoms with van der Waals surface area (Å²) in [6, 6.07) is 5.45. The molecule has 2 heterocycles. The van der Waals surface area contributed by atoms with Crippen molar-refractivity contribution in [1.82, 2.24) is 9.80 Å². The van der Waals surface area contributed by atoms with Gasteiger partial charge in [-0.3, -0.25) is 29.0 Å². The molecule has 0 bridgehead atoms. The lowest BCUT2D eigenvalue weighted by molar-refractivity contribution is -0.192. The standard InChI is InChI=1S/C27H39N3O10.C2HF3O2/c28-7-9-35-11-13-37-15-17-39-19-20-40-18-16-38-14-12-36-10-8-29-24(31)6-5-23(27(29)34)30-25(32)21-3-1-2-4-22(21)26(30)33;3-2(4,5)1(6)7/h1-4,23H,5-20,28H2;(H,6,7). The first kappa shape index (κ1) is 39.7. The largest absolute Gasteiger partial charge is 0.490 e. The van der Waals surface area contributed by atoms with Crippen LogP contribution >= 0.6 is 0 Å². The van der Waals surface area contributed by atoms with Crippen molar-refractivity contribution >= 4 is 29.6 Å². The first-order valence-electron chi connectivity index (χ1n) is 14.8. The van der Waals surface area contributed by atoms with Gasteiger partial charge < -0.3 is 39.3 Å². The third-order valence-electron chi connectivity index (χ3n) is 6.44. The quantitative estimate of drug-likeness (QED) is 0.135. The van der Waals surface area contributed by atoms with Gasteiger partial charge in [-0.25, -0.2) is 4.79 Å². The summed E-state index contributed by atoms with van der Waals surface area (Å²) < 4.78 is 64.0. The van der Waals surface area contributed by atoms with Gasteiger partial charge in [0.1, 0.15) is 6.04 Å². The van der Waals surface area contributed by atoms with Gasteiger partial charge in [0.15, 0.2) is 0 Å². The molecule has 1 fully saturated rings. The van der Waals surface area contributed by atoms with Crippen molar-refractivity contribution in [2.75, 3.05) is 92.4 Å². The lowest BCUT2D eigenvalue weighted by Crippen LogP contribution is -2.56. The average Bonchev–Trinajstić information content (AvgIpc) is 3.28. The third kappa shape index (κ3) is 13.6. The molecule has 264 valence electrons. The summed E-state index contributed by atoms with van der Waals surface area (Å²) in [7, 11) is 0. The van der Waals surface area contributed by atoms with Gasteiger partial charge in [0.05, 0.1) is 97.0 Å². The molecule has 2 aliphatic rings. The zero-order valence-corrected chi connectivity index (χ0v) is 25.7. The van der Waals surface area contributed by atoms with Crippen LogP contribution in [0.15, 0.2) is 24.3 Å². The summed E-state index contributed by atoms with van der Waals surface area (Å²) >= 11 is 0. The predicted octanol–water partition coefficient (Wildman–Crippen LogP) is 0.492. The number of nitrogens with zero attached hydrogens (tertiary/aromatic N) is 2. The number of ether oxygens (including phenoxy) is 6. The van der Waals surface area contributed by atoms with Crippen molar-refractivity contribution < 1.29 is 70.7 Å². The molecule has 15 nitrogen and oxygen atoms in total. The van der Waals surface area contributed by atoms with Gasteiger partial charge in [0.25, 0.3) is 17.7 Å². The second-order valence-corrected chi connectivity index (χ2v) is 9.73. The maximum atomic E-state index is 13.0. The number of hydrogen-bond acceptors (Lipinski definition) is 12. The van der Waals surface area contributed by atoms with E-state index < -0.39 is 35.9 Å². The summed E-state index contributed by atoms with van der Waals surface area (Å²) in [6.45, 7) is 5.48. The molecule has 0 radical (unpaired) electrons. The molecular weight excluding hydrogens is 639 g/mol. The molecule has 0 saturated carbocycles. The zero-order chi connectivity index (χ0) is 34.7. The van der Waals surface area contributed by atoms with E-state index in [9.17, 15) is 32.3 Å². The number of benzene rings is 1. The molecule has 2 aliphatic heterocycles. The van der Waals surface area contributed by atoms with E-state index in [2.05, 4.69) is 0 Å². The van der Waals surface area contributed by atoms with Crippen molar-refractivity contribution in [1.29, 1.82) is 0 Å². The highest BCUT2D eigenvalue weighted by Crippen LogP contribution is 2.28. The molecule has 1 atom stereocenters. The fourth-order valence-corrected chi connectivity index (χ4v) is 4.23. The molecule has 0 aliphatic carbocycles. The molecule has 47 heavy (non-hydrogen) atoms. The van der Waals surface area contributed by atoms with Gasteiger partial charge in [-0.15, -0.1) is 0 Å². The monoisotopic (exact) mass is 679 g/mol. The number of hydrogen-bond donors (Lipinski definition) is 2. The number of fused-ring (bicyclic) bond motifs is 1. The fourth-order valence-electron chi connectivity index (χ4n) is 4.23. The highest BCUT2D eigenvalue weighted by molar-refractivity contribution is 6.23. The van der Waals surface area contributed by atoms with E-state index in [1.54, 1.807) is 24.3 Å². The molecule has 1 saturated heterocycles. The molecule has 3 N–H and O–H groups in total. The lowest BCUT2D eigenvalue weighted by Gasteiger charge is -2.34. The van der Waals surface area contributed by atoms with Crippen LogP contribution in [-0.4, -0.2) is 149 Å². The first-order chi connectivity index (χ1) is 22.5. The highest BCUT2D eigenvalue weighted by Gasteiger charge is 2.46. The number of carboxylic acid groups (broad SMARTS) is 1. The maximum absolute atomic E-state index is 13.0. The van der Waals surface area contributed by atoms with Gasteiger partial charge in [-0.2, -0.15) is 13.2 Å². The van der Waals surface area contributed by atoms with Crippen molar-refractivity contribution in [2.24, 2.45) is 5.73 Å². The van der Waals surface area contributed by atoms with Crippen LogP contribution in [-0.2, 0) is 42.8 Å². The van der Waals surface area contributed by atoms with Crippen molar-refractivity contribution in [3.8, 4) is 0 Å². The van der Waals surface area contributed by atoms with E-state index in [-0.39, 0.29) is 49.6 Å². The number of nitrogens with two attached hydrogens (primary N) is 1. The van der Waals surface area contributed by atoms with E-state index in [1.165, 1.54) is 0 Å². The van der Waals surface area contributed by atoms with E-state index in [1.807, 2.05) is 0 Å². The Bertz CT molecular complexity index is 1140. The van der Waals surface area contributed by atoms with Crippen LogP contribution in [0, 0.1) is 0 Å². The summed E-state index contributed by atoms with van der Waals surface area (Å²) in [5, 5.41) is 7.12. The molecule has 18 heteroatoms. The molecule has 4 amide bonds. The van der Waals surface area contributed by atoms with Crippen LogP contribution in [0.25, 0.3) is 0 Å². The average molecular weight is 680 g/mol. The molecule has 1 aromatic rings. The third-order valence-corrected chi connectivity index (χ3v) is 6.44. The van der Waals surface area contributed by atoms with Crippen LogP contribution in [0.5, 0.6) is 0 Å². The second kappa shape index (κ2) is 21.4. The van der Waals surface area contributed by atoms with Gasteiger partial charge in [-0.05, 0) is 18.6 Å². The Labute approximate surface area is 268 Å². The predicted molar refractivity (Wildman–Crippen MR) is 154 cm³/mol. The number of rotatable bonds is 21. The van der Waals surface area contributed by atoms with Crippen LogP contribution in [0.3, 0.4) is 0 Å². The Morgan fingerprint density at radius 2 is 1.13 bits per heavy atom. The Morgan fingerprint density at radius 3 is 1.51 bits per heavy atom. The Morgan fingerprint density at radius 1 is 0.745 bits per heavy atom. The van der Waals surface area contributed by atoms with Crippen LogP contribution < -0.4 is 5.73 Å². The SMILES string of the molecule is NCCOCCOCCOCCOCCOCCOCCN1C(=O)CCC(N2C(=O)c3ccccc3C2=O)C1=O.O=C(O)C(F)(F)F. The van der Waals surface area contributed by atoms with Crippen LogP contribution in [0.1, 0.15) is 33.6 Å². The van der Waals surface area contributed by atoms with Crippen LogP contribution in [0.2, 0.25) is 0 Å². The highest BCUT2D eigenvalue weighted by atomic mass is 19.4. The number of carbonyl (C=O) groups excluding carboxylic acids is 4. The molecule has 0 aromatic heterocycles. The van der Waals surface area contributed by atoms with E-state index in [0.29, 0.717) is 72.6 Å². The Kier molecular flexibility index (Phi) is 18.0. The number of imide groups is 2. The fraction of sp³-hybridized carbons (Fsp3) is 0.621. The Hall–Kier alpha value is -3.52. The summed E-state index contributed by atoms with van der Waals surface area (Å²) in [4.78, 5) is 61.9. The van der Waals surface area contributed by atoms with E-state index in [0.717, 1.165) is 9.80 Å². The normalized spacial score (nSPS) is 16.4. The number of amides is 4. The number of carbonyl (C=O) groups is 5. The number of halogens is 3. The first-order valence-corrected chi connectivity index (χ1v) is 14.8. The Balaban J connectivity index is 0.000000984. The van der Waals surface area contributed by atoms with Gasteiger partial charge in [-0.1, -0.05) is 12.1 Å². The van der Waals surface area contributed by atoms with Crippen molar-refractivity contribution in [3.63, 3.8) is 0 Å². The van der Waals surface area contributed by atoms with Gasteiger partial charge >= 0.3 is 12.1 Å². The summed E-state index contributed by atoms with van der Waals surface area (Å²) in [5.74, 6) is -4.69. The second-order valence-electron chi connectivity index (χ2n) is 9.73. The summed E-state index contributed by atoms with van der Waals surface area (Å²) in [6.07, 6.45) is -4.90. The maximum Gasteiger partial charge on any atom is 0.490 e. The van der Waals surface area contributed by atoms with E-state index in [4.69, 9.17) is 44.1 Å².